The zero-order chi connectivity index (χ0) is 18.2. The van der Waals surface area contributed by atoms with E-state index in [4.69, 9.17) is 37.9 Å². The molecule has 0 atom stereocenters. The minimum atomic E-state index is -0.274. The summed E-state index contributed by atoms with van der Waals surface area (Å²) in [7, 11) is 1.47. The van der Waals surface area contributed by atoms with Gasteiger partial charge in [-0.05, 0) is 30.2 Å². The third kappa shape index (κ3) is 5.28. The molecule has 0 unspecified atom stereocenters. The maximum Gasteiger partial charge on any atom is 0.257 e. The summed E-state index contributed by atoms with van der Waals surface area (Å²) >= 11 is 12.1. The normalized spacial score (nSPS) is 10.0. The summed E-state index contributed by atoms with van der Waals surface area (Å²) in [5, 5.41) is 12.6. The van der Waals surface area contributed by atoms with Crippen LogP contribution in [0.4, 0.5) is 0 Å². The summed E-state index contributed by atoms with van der Waals surface area (Å²) in [5.74, 6) is 0.525. The lowest BCUT2D eigenvalue weighted by Crippen LogP contribution is -2.30. The van der Waals surface area contributed by atoms with Gasteiger partial charge in [-0.3, -0.25) is 4.79 Å². The fourth-order valence-corrected chi connectivity index (χ4v) is 2.54. The molecule has 0 aromatic heterocycles. The maximum absolute atomic E-state index is 11.9. The van der Waals surface area contributed by atoms with Gasteiger partial charge in [-0.25, -0.2) is 0 Å². The fraction of sp³-hybridized carbons (Fsp3) is 0.222. The van der Waals surface area contributed by atoms with E-state index in [1.807, 2.05) is 18.2 Å². The predicted molar refractivity (Wildman–Crippen MR) is 96.4 cm³/mol. The van der Waals surface area contributed by atoms with Gasteiger partial charge in [0.2, 0.25) is 0 Å². The minimum absolute atomic E-state index is 0.161. The third-order valence-corrected chi connectivity index (χ3v) is 4.26. The highest BCUT2D eigenvalue weighted by Crippen LogP contribution is 2.28. The van der Waals surface area contributed by atoms with Crippen molar-refractivity contribution >= 4 is 29.1 Å². The Balaban J connectivity index is 1.83. The number of benzene rings is 2. The number of carbonyl (C=O) groups is 1. The van der Waals surface area contributed by atoms with E-state index in [-0.39, 0.29) is 12.5 Å². The summed E-state index contributed by atoms with van der Waals surface area (Å²) in [6, 6.07) is 12.1. The van der Waals surface area contributed by atoms with E-state index in [1.165, 1.54) is 7.11 Å². The average molecular weight is 379 g/mol. The molecule has 25 heavy (non-hydrogen) atoms. The molecular formula is C18H16Cl2N2O3. The summed E-state index contributed by atoms with van der Waals surface area (Å²) < 4.78 is 10.6. The van der Waals surface area contributed by atoms with Crippen molar-refractivity contribution < 1.29 is 14.3 Å². The topological polar surface area (TPSA) is 71.3 Å². The lowest BCUT2D eigenvalue weighted by atomic mass is 10.1. The first-order valence-corrected chi connectivity index (χ1v) is 8.21. The molecule has 0 spiro atoms. The molecule has 1 N–H and O–H groups in total. The second kappa shape index (κ2) is 9.16. The smallest absolute Gasteiger partial charge is 0.257 e. The van der Waals surface area contributed by atoms with Crippen LogP contribution in [-0.2, 0) is 11.2 Å². The van der Waals surface area contributed by atoms with Crippen LogP contribution in [0.5, 0.6) is 11.5 Å². The number of halogens is 2. The van der Waals surface area contributed by atoms with Crippen LogP contribution < -0.4 is 14.8 Å². The molecule has 7 heteroatoms. The molecule has 1 amide bonds. The van der Waals surface area contributed by atoms with Crippen molar-refractivity contribution in [3.8, 4) is 17.6 Å². The van der Waals surface area contributed by atoms with Gasteiger partial charge in [0, 0.05) is 12.6 Å². The number of amides is 1. The Kier molecular flexibility index (Phi) is 6.93. The summed E-state index contributed by atoms with van der Waals surface area (Å²) in [5.41, 5.74) is 1.32. The molecule has 0 fully saturated rings. The van der Waals surface area contributed by atoms with Crippen LogP contribution in [-0.4, -0.2) is 26.2 Å². The fourth-order valence-electron chi connectivity index (χ4n) is 2.13. The van der Waals surface area contributed by atoms with Gasteiger partial charge >= 0.3 is 0 Å². The summed E-state index contributed by atoms with van der Waals surface area (Å²) in [6.45, 7) is 0.248. The van der Waals surface area contributed by atoms with Gasteiger partial charge in [0.15, 0.2) is 18.1 Å². The SMILES string of the molecule is COc1cc(C#N)ccc1OCC(=O)NCCc1cccc(Cl)c1Cl. The first kappa shape index (κ1) is 18.9. The molecule has 0 aliphatic rings. The van der Waals surface area contributed by atoms with Gasteiger partial charge in [-0.2, -0.15) is 5.26 Å². The van der Waals surface area contributed by atoms with Gasteiger partial charge < -0.3 is 14.8 Å². The first-order valence-electron chi connectivity index (χ1n) is 7.45. The lowest BCUT2D eigenvalue weighted by molar-refractivity contribution is -0.123. The minimum Gasteiger partial charge on any atom is -0.493 e. The van der Waals surface area contributed by atoms with Crippen molar-refractivity contribution in [1.82, 2.24) is 5.32 Å². The highest BCUT2D eigenvalue weighted by molar-refractivity contribution is 6.42. The Hall–Kier alpha value is -2.42. The number of methoxy groups -OCH3 is 1. The zero-order valence-corrected chi connectivity index (χ0v) is 15.0. The van der Waals surface area contributed by atoms with Crippen molar-refractivity contribution in [3.05, 3.63) is 57.6 Å². The standard InChI is InChI=1S/C18H16Cl2N2O3/c1-24-16-9-12(10-21)5-6-15(16)25-11-17(23)22-8-7-13-3-2-4-14(19)18(13)20/h2-6,9H,7-8,11H2,1H3,(H,22,23). The number of nitrogens with zero attached hydrogens (tertiary/aromatic N) is 1. The monoisotopic (exact) mass is 378 g/mol. The highest BCUT2D eigenvalue weighted by Gasteiger charge is 2.09. The van der Waals surface area contributed by atoms with Crippen LogP contribution in [0, 0.1) is 11.3 Å². The van der Waals surface area contributed by atoms with Gasteiger partial charge in [0.25, 0.3) is 5.91 Å². The van der Waals surface area contributed by atoms with Gasteiger partial charge in [0.05, 0.1) is 28.8 Å². The van der Waals surface area contributed by atoms with Crippen LogP contribution in [0.15, 0.2) is 36.4 Å². The number of ether oxygens (including phenoxy) is 2. The Morgan fingerprint density at radius 3 is 2.76 bits per heavy atom. The van der Waals surface area contributed by atoms with E-state index < -0.39 is 0 Å². The van der Waals surface area contributed by atoms with Gasteiger partial charge in [-0.1, -0.05) is 35.3 Å². The molecule has 5 nitrogen and oxygen atoms in total. The second-order valence-electron chi connectivity index (χ2n) is 5.08. The van der Waals surface area contributed by atoms with Crippen LogP contribution in [0.3, 0.4) is 0 Å². The largest absolute Gasteiger partial charge is 0.493 e. The maximum atomic E-state index is 11.9. The number of carbonyl (C=O) groups excluding carboxylic acids is 1. The second-order valence-corrected chi connectivity index (χ2v) is 5.86. The molecule has 0 aliphatic carbocycles. The molecule has 0 aliphatic heterocycles. The third-order valence-electron chi connectivity index (χ3n) is 3.40. The molecule has 0 saturated carbocycles. The van der Waals surface area contributed by atoms with E-state index in [0.717, 1.165) is 5.56 Å². The Morgan fingerprint density at radius 2 is 2.04 bits per heavy atom. The lowest BCUT2D eigenvalue weighted by Gasteiger charge is -2.11. The molecule has 0 heterocycles. The van der Waals surface area contributed by atoms with Gasteiger partial charge in [0.1, 0.15) is 0 Å². The van der Waals surface area contributed by atoms with Crippen molar-refractivity contribution in [1.29, 1.82) is 5.26 Å². The van der Waals surface area contributed by atoms with Crippen molar-refractivity contribution in [3.63, 3.8) is 0 Å². The van der Waals surface area contributed by atoms with Crippen LogP contribution in [0.1, 0.15) is 11.1 Å². The highest BCUT2D eigenvalue weighted by atomic mass is 35.5. The number of nitrogens with one attached hydrogen (secondary N) is 1. The number of hydrogen-bond acceptors (Lipinski definition) is 4. The Morgan fingerprint density at radius 1 is 1.24 bits per heavy atom. The molecule has 2 rings (SSSR count). The number of nitriles is 1. The summed E-state index contributed by atoms with van der Waals surface area (Å²) in [6.07, 6.45) is 0.561. The van der Waals surface area contributed by atoms with Crippen molar-refractivity contribution in [2.45, 2.75) is 6.42 Å². The van der Waals surface area contributed by atoms with Gasteiger partial charge in [-0.15, -0.1) is 0 Å². The van der Waals surface area contributed by atoms with Crippen molar-refractivity contribution in [2.24, 2.45) is 0 Å². The van der Waals surface area contributed by atoms with E-state index in [1.54, 1.807) is 24.3 Å². The van der Waals surface area contributed by atoms with E-state index >= 15 is 0 Å². The molecule has 0 bridgehead atoms. The summed E-state index contributed by atoms with van der Waals surface area (Å²) in [4.78, 5) is 11.9. The molecule has 0 saturated heterocycles. The average Bonchev–Trinajstić information content (AvgIpc) is 2.63. The van der Waals surface area contributed by atoms with E-state index in [9.17, 15) is 4.79 Å². The molecule has 0 radical (unpaired) electrons. The molecule has 130 valence electrons. The van der Waals surface area contributed by atoms with Crippen LogP contribution >= 0.6 is 23.2 Å². The van der Waals surface area contributed by atoms with Crippen LogP contribution in [0.2, 0.25) is 10.0 Å². The van der Waals surface area contributed by atoms with E-state index in [0.29, 0.717) is 40.1 Å². The van der Waals surface area contributed by atoms with Crippen LogP contribution in [0.25, 0.3) is 0 Å². The Bertz CT molecular complexity index is 803. The number of rotatable bonds is 7. The predicted octanol–water partition coefficient (Wildman–Crippen LogP) is 3.61. The quantitative estimate of drug-likeness (QED) is 0.798. The number of hydrogen-bond donors (Lipinski definition) is 1. The first-order chi connectivity index (χ1) is 12.0. The van der Waals surface area contributed by atoms with Crippen molar-refractivity contribution in [2.75, 3.05) is 20.3 Å². The molecule has 2 aromatic carbocycles. The molecule has 2 aromatic rings. The zero-order valence-electron chi connectivity index (χ0n) is 13.5. The molecular weight excluding hydrogens is 363 g/mol. The van der Waals surface area contributed by atoms with E-state index in [2.05, 4.69) is 5.32 Å². The Labute approximate surface area is 156 Å².